The fourth-order valence-corrected chi connectivity index (χ4v) is 2.38. The summed E-state index contributed by atoms with van der Waals surface area (Å²) in [6.45, 7) is 0. The number of thiol groups is 1. The first-order chi connectivity index (χ1) is 8.34. The first kappa shape index (κ1) is 10.4. The van der Waals surface area contributed by atoms with Crippen molar-refractivity contribution in [3.05, 3.63) is 66.7 Å². The summed E-state index contributed by atoms with van der Waals surface area (Å²) in [6.07, 6.45) is 0. The molecule has 0 saturated carbocycles. The molecule has 0 aliphatic carbocycles. The van der Waals surface area contributed by atoms with E-state index in [0.29, 0.717) is 0 Å². The fourth-order valence-electron chi connectivity index (χ4n) is 2.15. The van der Waals surface area contributed by atoms with Crippen LogP contribution < -0.4 is 0 Å². The van der Waals surface area contributed by atoms with Gasteiger partial charge < -0.3 is 0 Å². The van der Waals surface area contributed by atoms with Crippen LogP contribution in [0.5, 0.6) is 0 Å². The fraction of sp³-hybridized carbons (Fsp3) is 0. The zero-order valence-electron chi connectivity index (χ0n) is 9.30. The summed E-state index contributed by atoms with van der Waals surface area (Å²) < 4.78 is 0. The molecule has 0 N–H and O–H groups in total. The first-order valence-electron chi connectivity index (χ1n) is 5.62. The van der Waals surface area contributed by atoms with Crippen molar-refractivity contribution in [2.75, 3.05) is 0 Å². The van der Waals surface area contributed by atoms with Crippen LogP contribution in [0.25, 0.3) is 21.9 Å². The van der Waals surface area contributed by atoms with Gasteiger partial charge in [-0.1, -0.05) is 54.6 Å². The van der Waals surface area contributed by atoms with E-state index >= 15 is 0 Å². The molecule has 0 spiro atoms. The van der Waals surface area contributed by atoms with Crippen LogP contribution in [0.2, 0.25) is 0 Å². The highest BCUT2D eigenvalue weighted by molar-refractivity contribution is 7.80. The first-order valence-corrected chi connectivity index (χ1v) is 6.06. The van der Waals surface area contributed by atoms with Gasteiger partial charge in [0.2, 0.25) is 0 Å². The van der Waals surface area contributed by atoms with E-state index in [-0.39, 0.29) is 0 Å². The van der Waals surface area contributed by atoms with Gasteiger partial charge in [-0.05, 0) is 34.0 Å². The van der Waals surface area contributed by atoms with Crippen LogP contribution in [0, 0.1) is 0 Å². The molecule has 82 valence electrons. The smallest absolute Gasteiger partial charge is 0.00461 e. The van der Waals surface area contributed by atoms with Crippen LogP contribution in [0.4, 0.5) is 0 Å². The average molecular weight is 236 g/mol. The van der Waals surface area contributed by atoms with Crippen LogP contribution in [0.15, 0.2) is 71.6 Å². The summed E-state index contributed by atoms with van der Waals surface area (Å²) in [7, 11) is 0. The Morgan fingerprint density at radius 2 is 1.47 bits per heavy atom. The second kappa shape index (κ2) is 4.27. The highest BCUT2D eigenvalue weighted by Crippen LogP contribution is 2.29. The summed E-state index contributed by atoms with van der Waals surface area (Å²) in [4.78, 5) is 0.996. The molecular weight excluding hydrogens is 224 g/mol. The van der Waals surface area contributed by atoms with Crippen molar-refractivity contribution < 1.29 is 0 Å². The van der Waals surface area contributed by atoms with Crippen molar-refractivity contribution in [1.82, 2.24) is 0 Å². The van der Waals surface area contributed by atoms with Crippen molar-refractivity contribution >= 4 is 23.4 Å². The standard InChI is InChI=1S/C16H12S/c17-14-8-3-7-13(11-14)16-10-4-6-12-5-1-2-9-15(12)16/h1-11,17H. The molecule has 0 unspecified atom stereocenters. The lowest BCUT2D eigenvalue weighted by Gasteiger charge is -2.07. The zero-order valence-corrected chi connectivity index (χ0v) is 10.2. The summed E-state index contributed by atoms with van der Waals surface area (Å²) >= 11 is 4.40. The molecule has 3 aromatic rings. The molecule has 0 aliphatic heterocycles. The van der Waals surface area contributed by atoms with Crippen molar-refractivity contribution in [2.24, 2.45) is 0 Å². The molecule has 0 nitrogen and oxygen atoms in total. The summed E-state index contributed by atoms with van der Waals surface area (Å²) in [6, 6.07) is 23.1. The minimum atomic E-state index is 0.996. The van der Waals surface area contributed by atoms with Crippen LogP contribution >= 0.6 is 12.6 Å². The van der Waals surface area contributed by atoms with E-state index in [9.17, 15) is 0 Å². The second-order valence-electron chi connectivity index (χ2n) is 4.08. The Labute approximate surface area is 106 Å². The molecule has 1 heteroatoms. The van der Waals surface area contributed by atoms with Crippen molar-refractivity contribution in [1.29, 1.82) is 0 Å². The van der Waals surface area contributed by atoms with Gasteiger partial charge in [-0.15, -0.1) is 12.6 Å². The van der Waals surface area contributed by atoms with E-state index in [0.717, 1.165) is 4.90 Å². The monoisotopic (exact) mass is 236 g/mol. The third-order valence-corrected chi connectivity index (χ3v) is 3.22. The number of hydrogen-bond acceptors (Lipinski definition) is 1. The van der Waals surface area contributed by atoms with Gasteiger partial charge in [0.15, 0.2) is 0 Å². The molecule has 3 aromatic carbocycles. The van der Waals surface area contributed by atoms with Gasteiger partial charge in [0.25, 0.3) is 0 Å². The van der Waals surface area contributed by atoms with Crippen molar-refractivity contribution in [3.63, 3.8) is 0 Å². The molecule has 0 atom stereocenters. The molecular formula is C16H12S. The predicted octanol–water partition coefficient (Wildman–Crippen LogP) is 4.80. The van der Waals surface area contributed by atoms with Crippen LogP contribution in [-0.4, -0.2) is 0 Å². The molecule has 0 bridgehead atoms. The van der Waals surface area contributed by atoms with E-state index in [4.69, 9.17) is 0 Å². The molecule has 0 radical (unpaired) electrons. The minimum Gasteiger partial charge on any atom is -0.143 e. The van der Waals surface area contributed by atoms with Gasteiger partial charge in [-0.2, -0.15) is 0 Å². The maximum absolute atomic E-state index is 4.40. The molecule has 3 rings (SSSR count). The van der Waals surface area contributed by atoms with E-state index in [1.165, 1.54) is 21.9 Å². The Kier molecular flexibility index (Phi) is 2.62. The Morgan fingerprint density at radius 3 is 2.35 bits per heavy atom. The Balaban J connectivity index is 2.30. The van der Waals surface area contributed by atoms with Gasteiger partial charge in [0, 0.05) is 4.90 Å². The van der Waals surface area contributed by atoms with Crippen molar-refractivity contribution in [2.45, 2.75) is 4.90 Å². The van der Waals surface area contributed by atoms with E-state index in [1.54, 1.807) is 0 Å². The minimum absolute atomic E-state index is 0.996. The number of rotatable bonds is 1. The number of benzene rings is 3. The quantitative estimate of drug-likeness (QED) is 0.577. The Bertz CT molecular complexity index is 666. The predicted molar refractivity (Wildman–Crippen MR) is 76.6 cm³/mol. The van der Waals surface area contributed by atoms with Crippen molar-refractivity contribution in [3.8, 4) is 11.1 Å². The van der Waals surface area contributed by atoms with Crippen LogP contribution in [-0.2, 0) is 0 Å². The zero-order chi connectivity index (χ0) is 11.7. The van der Waals surface area contributed by atoms with Gasteiger partial charge >= 0.3 is 0 Å². The maximum atomic E-state index is 4.40. The highest BCUT2D eigenvalue weighted by Gasteiger charge is 2.02. The van der Waals surface area contributed by atoms with Gasteiger partial charge in [0.1, 0.15) is 0 Å². The van der Waals surface area contributed by atoms with Gasteiger partial charge in [-0.3, -0.25) is 0 Å². The Morgan fingerprint density at radius 1 is 0.706 bits per heavy atom. The molecule has 17 heavy (non-hydrogen) atoms. The topological polar surface area (TPSA) is 0 Å². The summed E-state index contributed by atoms with van der Waals surface area (Å²) in [5, 5.41) is 2.56. The normalized spacial score (nSPS) is 10.6. The number of fused-ring (bicyclic) bond motifs is 1. The third kappa shape index (κ3) is 1.94. The van der Waals surface area contributed by atoms with E-state index in [2.05, 4.69) is 67.2 Å². The van der Waals surface area contributed by atoms with E-state index in [1.807, 2.05) is 12.1 Å². The lowest BCUT2D eigenvalue weighted by atomic mass is 9.98. The average Bonchev–Trinajstić information content (AvgIpc) is 2.38. The third-order valence-electron chi connectivity index (χ3n) is 2.95. The van der Waals surface area contributed by atoms with Crippen LogP contribution in [0.3, 0.4) is 0 Å². The molecule has 0 amide bonds. The van der Waals surface area contributed by atoms with Gasteiger partial charge in [-0.25, -0.2) is 0 Å². The molecule has 0 aliphatic rings. The summed E-state index contributed by atoms with van der Waals surface area (Å²) in [5.41, 5.74) is 2.48. The summed E-state index contributed by atoms with van der Waals surface area (Å²) in [5.74, 6) is 0. The molecule has 0 fully saturated rings. The second-order valence-corrected chi connectivity index (χ2v) is 4.59. The van der Waals surface area contributed by atoms with Gasteiger partial charge in [0.05, 0.1) is 0 Å². The van der Waals surface area contributed by atoms with E-state index < -0.39 is 0 Å². The molecule has 0 aromatic heterocycles. The highest BCUT2D eigenvalue weighted by atomic mass is 32.1. The van der Waals surface area contributed by atoms with Crippen LogP contribution in [0.1, 0.15) is 0 Å². The molecule has 0 saturated heterocycles. The lowest BCUT2D eigenvalue weighted by Crippen LogP contribution is -1.81. The SMILES string of the molecule is Sc1cccc(-c2cccc3ccccc23)c1. The molecule has 0 heterocycles. The largest absolute Gasteiger partial charge is 0.143 e. The Hall–Kier alpha value is -1.73. The lowest BCUT2D eigenvalue weighted by molar-refractivity contribution is 1.47. The number of hydrogen-bond donors (Lipinski definition) is 1. The maximum Gasteiger partial charge on any atom is 0.00461 e.